The average molecular weight is 281 g/mol. The molecule has 0 aromatic heterocycles. The number of aryl methyl sites for hydroxylation is 1. The lowest BCUT2D eigenvalue weighted by Gasteiger charge is -2.20. The number of hydrogen-bond donors (Lipinski definition) is 2. The zero-order valence-electron chi connectivity index (χ0n) is 12.2. The van der Waals surface area contributed by atoms with E-state index in [-0.39, 0.29) is 11.3 Å². The van der Waals surface area contributed by atoms with Crippen LogP contribution < -0.4 is 10.1 Å². The van der Waals surface area contributed by atoms with Gasteiger partial charge in [0.1, 0.15) is 11.4 Å². The summed E-state index contributed by atoms with van der Waals surface area (Å²) in [6.45, 7) is 6.93. The van der Waals surface area contributed by atoms with Gasteiger partial charge in [-0.1, -0.05) is 0 Å². The Kier molecular flexibility index (Phi) is 4.60. The highest BCUT2D eigenvalue weighted by molar-refractivity contribution is 5.99. The van der Waals surface area contributed by atoms with Crippen LogP contribution in [0.1, 0.15) is 36.7 Å². The summed E-state index contributed by atoms with van der Waals surface area (Å²) in [6.07, 6.45) is -0.704. The zero-order valence-corrected chi connectivity index (χ0v) is 12.2. The molecule has 6 heteroatoms. The van der Waals surface area contributed by atoms with Crippen LogP contribution >= 0.6 is 0 Å². The summed E-state index contributed by atoms with van der Waals surface area (Å²) in [5, 5.41) is 11.6. The minimum Gasteiger partial charge on any atom is -0.496 e. The summed E-state index contributed by atoms with van der Waals surface area (Å²) in [6, 6.07) is 2.90. The van der Waals surface area contributed by atoms with Crippen molar-refractivity contribution in [3.63, 3.8) is 0 Å². The molecule has 0 aliphatic heterocycles. The van der Waals surface area contributed by atoms with Gasteiger partial charge < -0.3 is 14.6 Å². The summed E-state index contributed by atoms with van der Waals surface area (Å²) >= 11 is 0. The summed E-state index contributed by atoms with van der Waals surface area (Å²) in [7, 11) is 1.45. The van der Waals surface area contributed by atoms with Crippen molar-refractivity contribution in [2.24, 2.45) is 0 Å². The number of ether oxygens (including phenoxy) is 2. The van der Waals surface area contributed by atoms with Crippen molar-refractivity contribution >= 4 is 17.7 Å². The van der Waals surface area contributed by atoms with Gasteiger partial charge in [0.05, 0.1) is 18.4 Å². The molecule has 1 amide bonds. The Labute approximate surface area is 117 Å². The molecule has 20 heavy (non-hydrogen) atoms. The van der Waals surface area contributed by atoms with Crippen LogP contribution in [-0.4, -0.2) is 29.9 Å². The average Bonchev–Trinajstić information content (AvgIpc) is 2.25. The van der Waals surface area contributed by atoms with Gasteiger partial charge in [0, 0.05) is 0 Å². The van der Waals surface area contributed by atoms with Crippen molar-refractivity contribution in [1.82, 2.24) is 0 Å². The van der Waals surface area contributed by atoms with Crippen molar-refractivity contribution in [3.05, 3.63) is 23.3 Å². The quantitative estimate of drug-likeness (QED) is 0.889. The Balaban J connectivity index is 3.08. The number of benzene rings is 1. The first-order valence-corrected chi connectivity index (χ1v) is 6.06. The van der Waals surface area contributed by atoms with E-state index in [9.17, 15) is 14.7 Å². The third kappa shape index (κ3) is 4.15. The molecule has 0 radical (unpaired) electrons. The highest BCUT2D eigenvalue weighted by Crippen LogP contribution is 2.27. The first-order valence-electron chi connectivity index (χ1n) is 6.06. The molecule has 0 saturated heterocycles. The molecule has 0 bridgehead atoms. The van der Waals surface area contributed by atoms with Crippen LogP contribution in [0, 0.1) is 6.92 Å². The standard InChI is InChI=1S/C14H19NO5/c1-8-6-10(15-13(18)20-14(2,3)4)9(12(16)17)7-11(8)19-5/h6-7H,1-5H3,(H,15,18)(H,16,17). The van der Waals surface area contributed by atoms with Crippen molar-refractivity contribution in [2.75, 3.05) is 12.4 Å². The fourth-order valence-corrected chi connectivity index (χ4v) is 1.60. The molecule has 0 aliphatic rings. The Morgan fingerprint density at radius 2 is 1.85 bits per heavy atom. The van der Waals surface area contributed by atoms with E-state index in [0.717, 1.165) is 0 Å². The lowest BCUT2D eigenvalue weighted by Crippen LogP contribution is -2.27. The maximum atomic E-state index is 11.7. The first kappa shape index (κ1) is 15.8. The predicted molar refractivity (Wildman–Crippen MR) is 74.5 cm³/mol. The molecular formula is C14H19NO5. The predicted octanol–water partition coefficient (Wildman–Crippen LogP) is 3.05. The van der Waals surface area contributed by atoms with Crippen LogP contribution in [0.25, 0.3) is 0 Å². The van der Waals surface area contributed by atoms with Gasteiger partial charge in [-0.15, -0.1) is 0 Å². The minimum absolute atomic E-state index is 0.0571. The fourth-order valence-electron chi connectivity index (χ4n) is 1.60. The Morgan fingerprint density at radius 1 is 1.25 bits per heavy atom. The Bertz CT molecular complexity index is 531. The lowest BCUT2D eigenvalue weighted by molar-refractivity contribution is 0.0636. The molecule has 0 aliphatic carbocycles. The molecule has 110 valence electrons. The number of anilines is 1. The van der Waals surface area contributed by atoms with Crippen LogP contribution in [0.3, 0.4) is 0 Å². The number of carboxylic acids is 1. The zero-order chi connectivity index (χ0) is 15.5. The highest BCUT2D eigenvalue weighted by Gasteiger charge is 2.20. The minimum atomic E-state index is -1.16. The van der Waals surface area contributed by atoms with E-state index < -0.39 is 17.7 Å². The summed E-state index contributed by atoms with van der Waals surface area (Å²) in [5.74, 6) is -0.716. The summed E-state index contributed by atoms with van der Waals surface area (Å²) in [4.78, 5) is 22.9. The number of carbonyl (C=O) groups excluding carboxylic acids is 1. The second-order valence-corrected chi connectivity index (χ2v) is 5.30. The van der Waals surface area contributed by atoms with Crippen LogP contribution in [0.2, 0.25) is 0 Å². The molecule has 0 saturated carbocycles. The molecule has 2 N–H and O–H groups in total. The molecule has 0 spiro atoms. The lowest BCUT2D eigenvalue weighted by atomic mass is 10.1. The first-order chi connectivity index (χ1) is 9.14. The number of hydrogen-bond acceptors (Lipinski definition) is 4. The normalized spacial score (nSPS) is 10.8. The molecule has 0 atom stereocenters. The molecule has 1 aromatic carbocycles. The number of carboxylic acid groups (broad SMARTS) is 1. The number of rotatable bonds is 3. The second-order valence-electron chi connectivity index (χ2n) is 5.30. The van der Waals surface area contributed by atoms with Gasteiger partial charge in [0.15, 0.2) is 0 Å². The van der Waals surface area contributed by atoms with Gasteiger partial charge in [-0.3, -0.25) is 5.32 Å². The van der Waals surface area contributed by atoms with E-state index in [1.807, 2.05) is 0 Å². The van der Waals surface area contributed by atoms with Crippen LogP contribution in [0.4, 0.5) is 10.5 Å². The smallest absolute Gasteiger partial charge is 0.412 e. The van der Waals surface area contributed by atoms with Crippen LogP contribution in [-0.2, 0) is 4.74 Å². The molecule has 0 fully saturated rings. The van der Waals surface area contributed by atoms with E-state index in [1.165, 1.54) is 19.2 Å². The van der Waals surface area contributed by atoms with Gasteiger partial charge in [-0.2, -0.15) is 0 Å². The SMILES string of the molecule is COc1cc(C(=O)O)c(NC(=O)OC(C)(C)C)cc1C. The molecule has 6 nitrogen and oxygen atoms in total. The Hall–Kier alpha value is -2.24. The number of methoxy groups -OCH3 is 1. The van der Waals surface area contributed by atoms with Crippen LogP contribution in [0.15, 0.2) is 12.1 Å². The molecule has 0 heterocycles. The maximum absolute atomic E-state index is 11.7. The largest absolute Gasteiger partial charge is 0.496 e. The second kappa shape index (κ2) is 5.81. The van der Waals surface area contributed by atoms with Crippen molar-refractivity contribution < 1.29 is 24.2 Å². The van der Waals surface area contributed by atoms with Gasteiger partial charge in [0.25, 0.3) is 0 Å². The van der Waals surface area contributed by atoms with Crippen LogP contribution in [0.5, 0.6) is 5.75 Å². The number of nitrogens with one attached hydrogen (secondary N) is 1. The number of amides is 1. The van der Waals surface area contributed by atoms with Crippen molar-refractivity contribution in [1.29, 1.82) is 0 Å². The summed E-state index contributed by atoms with van der Waals surface area (Å²) in [5.41, 5.74) is 0.168. The van der Waals surface area contributed by atoms with E-state index in [1.54, 1.807) is 27.7 Å². The number of aromatic carboxylic acids is 1. The Morgan fingerprint density at radius 3 is 2.30 bits per heavy atom. The third-order valence-electron chi connectivity index (χ3n) is 2.40. The maximum Gasteiger partial charge on any atom is 0.412 e. The highest BCUT2D eigenvalue weighted by atomic mass is 16.6. The monoisotopic (exact) mass is 281 g/mol. The van der Waals surface area contributed by atoms with E-state index in [2.05, 4.69) is 5.32 Å². The molecular weight excluding hydrogens is 262 g/mol. The van der Waals surface area contributed by atoms with Gasteiger partial charge in [-0.05, 0) is 45.4 Å². The molecule has 1 rings (SSSR count). The van der Waals surface area contributed by atoms with Gasteiger partial charge in [0.2, 0.25) is 0 Å². The van der Waals surface area contributed by atoms with E-state index >= 15 is 0 Å². The number of carbonyl (C=O) groups is 2. The topological polar surface area (TPSA) is 84.9 Å². The summed E-state index contributed by atoms with van der Waals surface area (Å²) < 4.78 is 10.2. The van der Waals surface area contributed by atoms with Gasteiger partial charge >= 0.3 is 12.1 Å². The van der Waals surface area contributed by atoms with Crippen molar-refractivity contribution in [2.45, 2.75) is 33.3 Å². The van der Waals surface area contributed by atoms with Gasteiger partial charge in [-0.25, -0.2) is 9.59 Å². The third-order valence-corrected chi connectivity index (χ3v) is 2.40. The fraction of sp³-hybridized carbons (Fsp3) is 0.429. The molecule has 0 unspecified atom stereocenters. The van der Waals surface area contributed by atoms with E-state index in [4.69, 9.17) is 9.47 Å². The molecule has 1 aromatic rings. The van der Waals surface area contributed by atoms with Crippen molar-refractivity contribution in [3.8, 4) is 5.75 Å². The van der Waals surface area contributed by atoms with E-state index in [0.29, 0.717) is 11.3 Å².